The Morgan fingerprint density at radius 3 is 2.20 bits per heavy atom. The van der Waals surface area contributed by atoms with Gasteiger partial charge in [-0.25, -0.2) is 4.79 Å². The summed E-state index contributed by atoms with van der Waals surface area (Å²) in [4.78, 5) is 34.5. The molecule has 11 heteroatoms. The van der Waals surface area contributed by atoms with Crippen LogP contribution in [0.4, 0.5) is 0 Å². The van der Waals surface area contributed by atoms with E-state index in [1.54, 1.807) is 28.1 Å². The molecule has 232 valence electrons. The van der Waals surface area contributed by atoms with Crippen molar-refractivity contribution in [1.82, 2.24) is 0 Å². The zero-order valence-corrected chi connectivity index (χ0v) is 24.9. The third kappa shape index (κ3) is 11.2. The average molecular weight is 575 g/mol. The molecule has 1 aliphatic heterocycles. The van der Waals surface area contributed by atoms with Gasteiger partial charge in [0.25, 0.3) is 0 Å². The molecule has 2 N–H and O–H groups in total. The molecule has 3 fully saturated rings. The second-order valence-corrected chi connectivity index (χ2v) is 10.2. The minimum atomic E-state index is -1.86. The lowest BCUT2D eigenvalue weighted by atomic mass is 9.83. The van der Waals surface area contributed by atoms with E-state index in [2.05, 4.69) is 11.3 Å². The Hall–Kier alpha value is -1.89. The van der Waals surface area contributed by atoms with E-state index >= 15 is 0 Å². The summed E-state index contributed by atoms with van der Waals surface area (Å²) in [6, 6.07) is 0. The minimum absolute atomic E-state index is 0.260. The summed E-state index contributed by atoms with van der Waals surface area (Å²) in [6.07, 6.45) is 6.67. The van der Waals surface area contributed by atoms with E-state index in [0.29, 0.717) is 31.4 Å². The molecule has 0 amide bonds. The summed E-state index contributed by atoms with van der Waals surface area (Å²) in [6.45, 7) is 10.5. The van der Waals surface area contributed by atoms with Crippen molar-refractivity contribution in [2.75, 3.05) is 34.0 Å². The Balaban J connectivity index is 0.000000395. The first kappa shape index (κ1) is 36.1. The molecule has 0 aromatic rings. The van der Waals surface area contributed by atoms with Gasteiger partial charge < -0.3 is 43.4 Å². The van der Waals surface area contributed by atoms with Crippen LogP contribution in [-0.2, 0) is 42.8 Å². The highest BCUT2D eigenvalue weighted by Gasteiger charge is 2.47. The lowest BCUT2D eigenvalue weighted by Crippen LogP contribution is -2.52. The van der Waals surface area contributed by atoms with E-state index in [-0.39, 0.29) is 18.9 Å². The number of aliphatic hydroxyl groups is 2. The zero-order chi connectivity index (χ0) is 30.2. The van der Waals surface area contributed by atoms with E-state index in [1.807, 2.05) is 6.92 Å². The molecular formula is C29H50O11. The van der Waals surface area contributed by atoms with Gasteiger partial charge in [0.1, 0.15) is 12.2 Å². The summed E-state index contributed by atoms with van der Waals surface area (Å²) in [5.41, 5.74) is 0.333. The summed E-state index contributed by atoms with van der Waals surface area (Å²) < 4.78 is 32.1. The number of carbonyl (C=O) groups is 3. The van der Waals surface area contributed by atoms with Crippen LogP contribution in [-0.4, -0.2) is 86.4 Å². The van der Waals surface area contributed by atoms with Gasteiger partial charge in [-0.05, 0) is 59.3 Å². The van der Waals surface area contributed by atoms with Gasteiger partial charge in [-0.15, -0.1) is 0 Å². The fraction of sp³-hybridized carbons (Fsp3) is 0.828. The number of rotatable bonds is 9. The summed E-state index contributed by atoms with van der Waals surface area (Å²) in [5, 5.41) is 19.0. The highest BCUT2D eigenvalue weighted by molar-refractivity contribution is 5.87. The molecule has 0 aromatic carbocycles. The van der Waals surface area contributed by atoms with Crippen LogP contribution in [0.25, 0.3) is 0 Å². The van der Waals surface area contributed by atoms with Crippen molar-refractivity contribution in [2.24, 2.45) is 11.8 Å². The molecule has 5 atom stereocenters. The first-order chi connectivity index (χ1) is 19.0. The maximum atomic E-state index is 11.8. The highest BCUT2D eigenvalue weighted by atomic mass is 16.8. The zero-order valence-electron chi connectivity index (χ0n) is 24.9. The molecule has 0 radical (unpaired) electrons. The molecule has 2 aliphatic carbocycles. The second-order valence-electron chi connectivity index (χ2n) is 10.2. The molecule has 3 aliphatic rings. The van der Waals surface area contributed by atoms with Crippen molar-refractivity contribution in [3.05, 3.63) is 12.2 Å². The maximum absolute atomic E-state index is 11.8. The molecule has 40 heavy (non-hydrogen) atoms. The Kier molecular flexibility index (Phi) is 16.7. The molecule has 3 rings (SSSR count). The summed E-state index contributed by atoms with van der Waals surface area (Å²) in [7, 11) is 3.22. The van der Waals surface area contributed by atoms with Crippen molar-refractivity contribution in [2.45, 2.75) is 109 Å². The second kappa shape index (κ2) is 18.5. The number of ether oxygens (including phenoxy) is 6. The van der Waals surface area contributed by atoms with E-state index in [4.69, 9.17) is 23.7 Å². The quantitative estimate of drug-likeness (QED) is 0.181. The third-order valence-corrected chi connectivity index (χ3v) is 7.21. The van der Waals surface area contributed by atoms with Crippen LogP contribution >= 0.6 is 0 Å². The number of hydrogen-bond donors (Lipinski definition) is 2. The molecule has 0 aromatic heterocycles. The lowest BCUT2D eigenvalue weighted by molar-refractivity contribution is -0.348. The van der Waals surface area contributed by atoms with Gasteiger partial charge in [-0.2, -0.15) is 0 Å². The van der Waals surface area contributed by atoms with Crippen molar-refractivity contribution in [1.29, 1.82) is 0 Å². The lowest BCUT2D eigenvalue weighted by Gasteiger charge is -2.44. The summed E-state index contributed by atoms with van der Waals surface area (Å²) >= 11 is 0. The van der Waals surface area contributed by atoms with Crippen LogP contribution < -0.4 is 0 Å². The standard InChI is InChI=1S/C17H26O6.C9H16O4.C3H8O/c1-12(2)15(19)22-14-8-6-10-21-16(14)23-17(20-3)9-5-4-7-13(17)11-18;1-2-13-8(10)7-5-3-4-6-9(7,11)12;1-3-4-2/h11,13-14,16H,1,4-10H2,2-3H3;7,11-12H,2-6H2,1H3;3H2,1-2H3. The summed E-state index contributed by atoms with van der Waals surface area (Å²) in [5.74, 6) is -4.92. The number of carbonyl (C=O) groups excluding carboxylic acids is 3. The van der Waals surface area contributed by atoms with Crippen LogP contribution in [0.2, 0.25) is 0 Å². The number of hydrogen-bond acceptors (Lipinski definition) is 11. The molecule has 1 heterocycles. The molecule has 0 spiro atoms. The molecule has 0 bridgehead atoms. The van der Waals surface area contributed by atoms with Gasteiger partial charge in [0.2, 0.25) is 0 Å². The Labute approximate surface area is 238 Å². The molecule has 11 nitrogen and oxygen atoms in total. The van der Waals surface area contributed by atoms with Gasteiger partial charge in [0.05, 0.1) is 19.1 Å². The number of aldehydes is 1. The fourth-order valence-corrected chi connectivity index (χ4v) is 4.84. The van der Waals surface area contributed by atoms with Crippen molar-refractivity contribution in [3.8, 4) is 0 Å². The van der Waals surface area contributed by atoms with E-state index in [9.17, 15) is 24.6 Å². The van der Waals surface area contributed by atoms with Gasteiger partial charge in [0, 0.05) is 39.2 Å². The Morgan fingerprint density at radius 1 is 1.00 bits per heavy atom. The van der Waals surface area contributed by atoms with Gasteiger partial charge in [0.15, 0.2) is 24.0 Å². The first-order valence-corrected chi connectivity index (χ1v) is 14.3. The third-order valence-electron chi connectivity index (χ3n) is 7.21. The van der Waals surface area contributed by atoms with Gasteiger partial charge >= 0.3 is 11.9 Å². The normalized spacial score (nSPS) is 29.4. The van der Waals surface area contributed by atoms with E-state index in [1.165, 1.54) is 0 Å². The topological polar surface area (TPSA) is 147 Å². The smallest absolute Gasteiger partial charge is 0.333 e. The van der Waals surface area contributed by atoms with Crippen LogP contribution in [0, 0.1) is 11.8 Å². The van der Waals surface area contributed by atoms with Crippen molar-refractivity contribution >= 4 is 18.2 Å². The largest absolute Gasteiger partial charge is 0.466 e. The van der Waals surface area contributed by atoms with Crippen LogP contribution in [0.3, 0.4) is 0 Å². The van der Waals surface area contributed by atoms with Crippen LogP contribution in [0.1, 0.15) is 85.0 Å². The average Bonchev–Trinajstić information content (AvgIpc) is 2.94. The SMILES string of the molecule is C=C(C)C(=O)OC1CCCOC1OC1(OC)CCCCC1C=O.CCOC.CCOC(=O)C1CCCCC1(O)O. The van der Waals surface area contributed by atoms with E-state index < -0.39 is 41.8 Å². The molecule has 5 unspecified atom stereocenters. The highest BCUT2D eigenvalue weighted by Crippen LogP contribution is 2.39. The predicted octanol–water partition coefficient (Wildman–Crippen LogP) is 3.43. The van der Waals surface area contributed by atoms with Crippen molar-refractivity contribution in [3.63, 3.8) is 0 Å². The fourth-order valence-electron chi connectivity index (χ4n) is 4.84. The Morgan fingerprint density at radius 2 is 1.65 bits per heavy atom. The number of methoxy groups -OCH3 is 2. The van der Waals surface area contributed by atoms with Gasteiger partial charge in [-0.3, -0.25) is 4.79 Å². The minimum Gasteiger partial charge on any atom is -0.466 e. The molecule has 2 saturated carbocycles. The maximum Gasteiger partial charge on any atom is 0.333 e. The first-order valence-electron chi connectivity index (χ1n) is 14.3. The van der Waals surface area contributed by atoms with E-state index in [0.717, 1.165) is 51.4 Å². The monoisotopic (exact) mass is 574 g/mol. The Bertz CT molecular complexity index is 782. The molecular weight excluding hydrogens is 524 g/mol. The predicted molar refractivity (Wildman–Crippen MR) is 146 cm³/mol. The van der Waals surface area contributed by atoms with Gasteiger partial charge in [-0.1, -0.05) is 19.4 Å². The van der Waals surface area contributed by atoms with Crippen LogP contribution in [0.15, 0.2) is 12.2 Å². The molecule has 1 saturated heterocycles. The van der Waals surface area contributed by atoms with Crippen molar-refractivity contribution < 1.29 is 53.0 Å². The van der Waals surface area contributed by atoms with Crippen LogP contribution in [0.5, 0.6) is 0 Å². The number of esters is 2.